The summed E-state index contributed by atoms with van der Waals surface area (Å²) in [7, 11) is 3.20. The maximum Gasteiger partial charge on any atom is 0.253 e. The Morgan fingerprint density at radius 2 is 1.63 bits per heavy atom. The number of benzene rings is 3. The van der Waals surface area contributed by atoms with Gasteiger partial charge in [0.2, 0.25) is 5.91 Å². The van der Waals surface area contributed by atoms with Crippen LogP contribution < -0.4 is 20.1 Å². The van der Waals surface area contributed by atoms with Gasteiger partial charge in [0, 0.05) is 19.0 Å². The van der Waals surface area contributed by atoms with Crippen molar-refractivity contribution in [2.75, 3.05) is 39.2 Å². The number of para-hydroxylation sites is 1. The highest BCUT2D eigenvalue weighted by Gasteiger charge is 2.26. The van der Waals surface area contributed by atoms with Gasteiger partial charge >= 0.3 is 0 Å². The molecule has 0 aliphatic carbocycles. The molecule has 3 aromatic carbocycles. The maximum absolute atomic E-state index is 13.1. The molecule has 0 bridgehead atoms. The number of rotatable bonds is 10. The van der Waals surface area contributed by atoms with E-state index in [9.17, 15) is 9.59 Å². The van der Waals surface area contributed by atoms with E-state index in [1.165, 1.54) is 11.1 Å². The Morgan fingerprint density at radius 1 is 0.921 bits per heavy atom. The van der Waals surface area contributed by atoms with Gasteiger partial charge in [-0.15, -0.1) is 0 Å². The number of carbonyl (C=O) groups excluding carboxylic acids is 2. The van der Waals surface area contributed by atoms with Crippen molar-refractivity contribution >= 4 is 17.5 Å². The third-order valence-corrected chi connectivity index (χ3v) is 7.19. The molecule has 7 heteroatoms. The molecule has 1 heterocycles. The first-order valence-corrected chi connectivity index (χ1v) is 13.1. The third-order valence-electron chi connectivity index (χ3n) is 7.19. The van der Waals surface area contributed by atoms with E-state index in [4.69, 9.17) is 9.47 Å². The molecule has 1 fully saturated rings. The summed E-state index contributed by atoms with van der Waals surface area (Å²) in [6.45, 7) is 5.26. The summed E-state index contributed by atoms with van der Waals surface area (Å²) in [4.78, 5) is 28.5. The van der Waals surface area contributed by atoms with Crippen LogP contribution in [0.25, 0.3) is 0 Å². The molecule has 0 aromatic heterocycles. The zero-order chi connectivity index (χ0) is 26.9. The Labute approximate surface area is 225 Å². The van der Waals surface area contributed by atoms with Gasteiger partial charge < -0.3 is 20.1 Å². The summed E-state index contributed by atoms with van der Waals surface area (Å²) in [5.74, 6) is 1.03. The molecule has 0 atom stereocenters. The van der Waals surface area contributed by atoms with Gasteiger partial charge in [-0.3, -0.25) is 14.5 Å². The maximum atomic E-state index is 13.1. The van der Waals surface area contributed by atoms with E-state index in [1.54, 1.807) is 26.4 Å². The molecule has 1 saturated heterocycles. The largest absolute Gasteiger partial charge is 0.493 e. The summed E-state index contributed by atoms with van der Waals surface area (Å²) in [6.07, 6.45) is 2.25. The van der Waals surface area contributed by atoms with Crippen LogP contribution in [0.1, 0.15) is 39.9 Å². The van der Waals surface area contributed by atoms with Crippen LogP contribution in [0.4, 0.5) is 5.69 Å². The number of likely N-dealkylation sites (tertiary alicyclic amines) is 1. The molecule has 1 aliphatic rings. The molecule has 2 N–H and O–H groups in total. The van der Waals surface area contributed by atoms with Crippen LogP contribution in [0.5, 0.6) is 11.5 Å². The summed E-state index contributed by atoms with van der Waals surface area (Å²) < 4.78 is 10.6. The highest BCUT2D eigenvalue weighted by molar-refractivity contribution is 6.04. The van der Waals surface area contributed by atoms with Crippen LogP contribution in [0.15, 0.2) is 66.7 Å². The zero-order valence-corrected chi connectivity index (χ0v) is 22.5. The predicted octanol–water partition coefficient (Wildman–Crippen LogP) is 4.84. The van der Waals surface area contributed by atoms with Crippen LogP contribution in [0.3, 0.4) is 0 Å². The van der Waals surface area contributed by atoms with Gasteiger partial charge in [0.25, 0.3) is 5.91 Å². The lowest BCUT2D eigenvalue weighted by Gasteiger charge is -2.31. The third kappa shape index (κ3) is 6.92. The Kier molecular flexibility index (Phi) is 9.38. The van der Waals surface area contributed by atoms with Crippen molar-refractivity contribution in [3.8, 4) is 11.5 Å². The average Bonchev–Trinajstić information content (AvgIpc) is 2.94. The van der Waals surface area contributed by atoms with Gasteiger partial charge in [0.05, 0.1) is 25.5 Å². The fraction of sp³-hybridized carbons (Fsp3) is 0.355. The Balaban J connectivity index is 1.29. The summed E-state index contributed by atoms with van der Waals surface area (Å²) in [6, 6.07) is 21.3. The molecular weight excluding hydrogens is 478 g/mol. The molecule has 0 radical (unpaired) electrons. The van der Waals surface area contributed by atoms with Crippen LogP contribution >= 0.6 is 0 Å². The van der Waals surface area contributed by atoms with E-state index in [-0.39, 0.29) is 17.7 Å². The number of ether oxygens (including phenoxy) is 2. The molecule has 3 aromatic rings. The average molecular weight is 516 g/mol. The predicted molar refractivity (Wildman–Crippen MR) is 150 cm³/mol. The van der Waals surface area contributed by atoms with Gasteiger partial charge in [-0.05, 0) is 80.2 Å². The van der Waals surface area contributed by atoms with Crippen LogP contribution in [0.2, 0.25) is 0 Å². The SMILES string of the molecule is COc1ccc(CCNC(=O)c2ccccc2NC(=O)C2CCN(Cc3ccccc3C)CC2)cc1OC. The van der Waals surface area contributed by atoms with Crippen molar-refractivity contribution in [3.05, 3.63) is 89.0 Å². The van der Waals surface area contributed by atoms with Crippen molar-refractivity contribution < 1.29 is 19.1 Å². The number of nitrogens with one attached hydrogen (secondary N) is 2. The smallest absolute Gasteiger partial charge is 0.253 e. The number of anilines is 1. The number of methoxy groups -OCH3 is 2. The number of hydrogen-bond donors (Lipinski definition) is 2. The van der Waals surface area contributed by atoms with E-state index in [1.807, 2.05) is 30.3 Å². The molecule has 0 unspecified atom stereocenters. The van der Waals surface area contributed by atoms with Crippen molar-refractivity contribution in [2.45, 2.75) is 32.7 Å². The highest BCUT2D eigenvalue weighted by atomic mass is 16.5. The molecule has 1 aliphatic heterocycles. The minimum absolute atomic E-state index is 0.0221. The quantitative estimate of drug-likeness (QED) is 0.404. The molecular formula is C31H37N3O4. The van der Waals surface area contributed by atoms with Gasteiger partial charge in [0.15, 0.2) is 11.5 Å². The topological polar surface area (TPSA) is 79.9 Å². The Morgan fingerprint density at radius 3 is 2.37 bits per heavy atom. The van der Waals surface area contributed by atoms with Gasteiger partial charge in [0.1, 0.15) is 0 Å². The van der Waals surface area contributed by atoms with Crippen molar-refractivity contribution in [3.63, 3.8) is 0 Å². The molecule has 4 rings (SSSR count). The van der Waals surface area contributed by atoms with E-state index < -0.39 is 0 Å². The lowest BCUT2D eigenvalue weighted by atomic mass is 9.95. The van der Waals surface area contributed by atoms with E-state index in [0.717, 1.165) is 38.0 Å². The minimum atomic E-state index is -0.213. The first kappa shape index (κ1) is 27.2. The molecule has 2 amide bonds. The second-order valence-corrected chi connectivity index (χ2v) is 9.71. The summed E-state index contributed by atoms with van der Waals surface area (Å²) in [5, 5.41) is 5.99. The standard InChI is InChI=1S/C31H37N3O4/c1-22-8-4-5-9-25(22)21-34-18-15-24(16-19-34)30(35)33-27-11-7-6-10-26(27)31(36)32-17-14-23-12-13-28(37-2)29(20-23)38-3/h4-13,20,24H,14-19,21H2,1-3H3,(H,32,36)(H,33,35). The van der Waals surface area contributed by atoms with Crippen molar-refractivity contribution in [2.24, 2.45) is 5.92 Å². The molecule has 0 spiro atoms. The summed E-state index contributed by atoms with van der Waals surface area (Å²) >= 11 is 0. The molecule has 200 valence electrons. The highest BCUT2D eigenvalue weighted by Crippen LogP contribution is 2.28. The first-order chi connectivity index (χ1) is 18.5. The second-order valence-electron chi connectivity index (χ2n) is 9.71. The number of piperidine rings is 1. The monoisotopic (exact) mass is 515 g/mol. The number of aryl methyl sites for hydroxylation is 1. The Hall–Kier alpha value is -3.84. The normalized spacial score (nSPS) is 14.1. The minimum Gasteiger partial charge on any atom is -0.493 e. The number of carbonyl (C=O) groups is 2. The van der Waals surface area contributed by atoms with Gasteiger partial charge in [-0.25, -0.2) is 0 Å². The zero-order valence-electron chi connectivity index (χ0n) is 22.5. The van der Waals surface area contributed by atoms with E-state index >= 15 is 0 Å². The molecule has 38 heavy (non-hydrogen) atoms. The molecule has 7 nitrogen and oxygen atoms in total. The van der Waals surface area contributed by atoms with Crippen LogP contribution in [0, 0.1) is 12.8 Å². The van der Waals surface area contributed by atoms with E-state index in [2.05, 4.69) is 46.7 Å². The second kappa shape index (κ2) is 13.1. The number of nitrogens with zero attached hydrogens (tertiary/aromatic N) is 1. The lowest BCUT2D eigenvalue weighted by Crippen LogP contribution is -2.38. The number of hydrogen-bond acceptors (Lipinski definition) is 5. The first-order valence-electron chi connectivity index (χ1n) is 13.1. The molecule has 0 saturated carbocycles. The van der Waals surface area contributed by atoms with Crippen molar-refractivity contribution in [1.29, 1.82) is 0 Å². The lowest BCUT2D eigenvalue weighted by molar-refractivity contribution is -0.121. The van der Waals surface area contributed by atoms with Crippen LogP contribution in [-0.4, -0.2) is 50.6 Å². The van der Waals surface area contributed by atoms with Crippen LogP contribution in [-0.2, 0) is 17.8 Å². The Bertz CT molecular complexity index is 1250. The summed E-state index contributed by atoms with van der Waals surface area (Å²) in [5.41, 5.74) is 4.67. The fourth-order valence-electron chi connectivity index (χ4n) is 4.86. The van der Waals surface area contributed by atoms with E-state index in [0.29, 0.717) is 35.7 Å². The van der Waals surface area contributed by atoms with Gasteiger partial charge in [-0.2, -0.15) is 0 Å². The fourth-order valence-corrected chi connectivity index (χ4v) is 4.86. The number of amides is 2. The van der Waals surface area contributed by atoms with Gasteiger partial charge in [-0.1, -0.05) is 42.5 Å². The van der Waals surface area contributed by atoms with Crippen molar-refractivity contribution in [1.82, 2.24) is 10.2 Å².